The predicted octanol–water partition coefficient (Wildman–Crippen LogP) is 3.36. The summed E-state index contributed by atoms with van der Waals surface area (Å²) in [6.45, 7) is 5.48. The van der Waals surface area contributed by atoms with Crippen LogP contribution in [0.1, 0.15) is 30.6 Å². The standard InChI is InChI=1S/C23H29FN6O/c1-4-20(31-21-12-8-11-19(24)13-21)15-26-23(25-14-18-9-6-5-7-10-18)27-16-22-29-28-17(2)30(22)3/h5-13,20H,4,14-16H2,1-3H3,(H2,25,26,27). The molecule has 0 radical (unpaired) electrons. The Morgan fingerprint density at radius 1 is 1.13 bits per heavy atom. The van der Waals surface area contributed by atoms with E-state index in [1.54, 1.807) is 12.1 Å². The molecule has 1 heterocycles. The van der Waals surface area contributed by atoms with E-state index in [1.807, 2.05) is 55.8 Å². The summed E-state index contributed by atoms with van der Waals surface area (Å²) in [6, 6.07) is 16.2. The van der Waals surface area contributed by atoms with Crippen LogP contribution in [0.25, 0.3) is 0 Å². The number of aliphatic imine (C=N–C) groups is 1. The zero-order valence-corrected chi connectivity index (χ0v) is 18.2. The quantitative estimate of drug-likeness (QED) is 0.407. The summed E-state index contributed by atoms with van der Waals surface area (Å²) in [7, 11) is 1.93. The molecule has 31 heavy (non-hydrogen) atoms. The lowest BCUT2D eigenvalue weighted by molar-refractivity contribution is 0.198. The Hall–Kier alpha value is -3.42. The molecule has 2 N–H and O–H groups in total. The third kappa shape index (κ3) is 6.80. The SMILES string of the molecule is CCC(CNC(=NCc1ccccc1)NCc1nnc(C)n1C)Oc1cccc(F)c1. The fourth-order valence-electron chi connectivity index (χ4n) is 2.91. The maximum atomic E-state index is 13.5. The molecule has 3 rings (SSSR count). The van der Waals surface area contributed by atoms with Gasteiger partial charge in [-0.15, -0.1) is 10.2 Å². The van der Waals surface area contributed by atoms with E-state index in [4.69, 9.17) is 9.73 Å². The fourth-order valence-corrected chi connectivity index (χ4v) is 2.91. The van der Waals surface area contributed by atoms with Crippen molar-refractivity contribution in [1.82, 2.24) is 25.4 Å². The second-order valence-electron chi connectivity index (χ2n) is 7.21. The summed E-state index contributed by atoms with van der Waals surface area (Å²) in [5, 5.41) is 14.9. The Labute approximate surface area is 182 Å². The molecule has 0 saturated carbocycles. The van der Waals surface area contributed by atoms with Gasteiger partial charge in [-0.25, -0.2) is 9.38 Å². The molecule has 0 aliphatic heterocycles. The van der Waals surface area contributed by atoms with Crippen LogP contribution >= 0.6 is 0 Å². The Bertz CT molecular complexity index is 989. The molecule has 1 unspecified atom stereocenters. The number of guanidine groups is 1. The molecule has 7 nitrogen and oxygen atoms in total. The van der Waals surface area contributed by atoms with Crippen molar-refractivity contribution < 1.29 is 9.13 Å². The highest BCUT2D eigenvalue weighted by Crippen LogP contribution is 2.14. The van der Waals surface area contributed by atoms with E-state index in [2.05, 4.69) is 20.8 Å². The summed E-state index contributed by atoms with van der Waals surface area (Å²) in [6.07, 6.45) is 0.625. The monoisotopic (exact) mass is 424 g/mol. The number of hydrogen-bond acceptors (Lipinski definition) is 4. The van der Waals surface area contributed by atoms with Crippen molar-refractivity contribution in [2.45, 2.75) is 39.5 Å². The van der Waals surface area contributed by atoms with Gasteiger partial charge in [0.25, 0.3) is 0 Å². The largest absolute Gasteiger partial charge is 0.489 e. The molecule has 0 aliphatic carbocycles. The van der Waals surface area contributed by atoms with Crippen molar-refractivity contribution in [3.63, 3.8) is 0 Å². The van der Waals surface area contributed by atoms with Gasteiger partial charge in [0, 0.05) is 13.1 Å². The van der Waals surface area contributed by atoms with Crippen LogP contribution in [0.5, 0.6) is 5.75 Å². The molecule has 164 valence electrons. The molecule has 0 spiro atoms. The lowest BCUT2D eigenvalue weighted by Gasteiger charge is -2.20. The van der Waals surface area contributed by atoms with E-state index in [9.17, 15) is 4.39 Å². The molecule has 2 aromatic carbocycles. The van der Waals surface area contributed by atoms with E-state index in [0.29, 0.717) is 31.3 Å². The van der Waals surface area contributed by atoms with Gasteiger partial charge in [0.05, 0.1) is 19.6 Å². The first-order chi connectivity index (χ1) is 15.0. The predicted molar refractivity (Wildman–Crippen MR) is 119 cm³/mol. The van der Waals surface area contributed by atoms with Crippen molar-refractivity contribution in [1.29, 1.82) is 0 Å². The van der Waals surface area contributed by atoms with E-state index in [-0.39, 0.29) is 11.9 Å². The molecule has 0 bridgehead atoms. The van der Waals surface area contributed by atoms with Crippen LogP contribution in [-0.2, 0) is 20.1 Å². The van der Waals surface area contributed by atoms with Crippen molar-refractivity contribution >= 4 is 5.96 Å². The maximum Gasteiger partial charge on any atom is 0.192 e. The van der Waals surface area contributed by atoms with E-state index < -0.39 is 0 Å². The van der Waals surface area contributed by atoms with E-state index in [1.165, 1.54) is 12.1 Å². The number of hydrogen-bond donors (Lipinski definition) is 2. The van der Waals surface area contributed by atoms with Gasteiger partial charge in [-0.05, 0) is 31.0 Å². The Morgan fingerprint density at radius 2 is 1.94 bits per heavy atom. The fraction of sp³-hybridized carbons (Fsp3) is 0.348. The third-order valence-electron chi connectivity index (χ3n) is 4.91. The number of rotatable bonds is 9. The number of aryl methyl sites for hydroxylation is 1. The smallest absolute Gasteiger partial charge is 0.192 e. The van der Waals surface area contributed by atoms with Crippen LogP contribution in [0.15, 0.2) is 59.6 Å². The molecule has 8 heteroatoms. The van der Waals surface area contributed by atoms with Gasteiger partial charge in [0.15, 0.2) is 11.8 Å². The molecule has 0 fully saturated rings. The summed E-state index contributed by atoms with van der Waals surface area (Å²) in [5.41, 5.74) is 1.11. The second-order valence-corrected chi connectivity index (χ2v) is 7.21. The Balaban J connectivity index is 1.64. The third-order valence-corrected chi connectivity index (χ3v) is 4.91. The Kier molecular flexibility index (Phi) is 7.98. The molecule has 0 saturated heterocycles. The second kappa shape index (κ2) is 11.1. The topological polar surface area (TPSA) is 76.4 Å². The van der Waals surface area contributed by atoms with Gasteiger partial charge in [0.1, 0.15) is 23.5 Å². The van der Waals surface area contributed by atoms with Crippen molar-refractivity contribution in [3.8, 4) is 5.75 Å². The zero-order valence-electron chi connectivity index (χ0n) is 18.2. The van der Waals surface area contributed by atoms with Gasteiger partial charge in [0.2, 0.25) is 0 Å². The average molecular weight is 425 g/mol. The first-order valence-corrected chi connectivity index (χ1v) is 10.4. The Morgan fingerprint density at radius 3 is 2.61 bits per heavy atom. The summed E-state index contributed by atoms with van der Waals surface area (Å²) >= 11 is 0. The lowest BCUT2D eigenvalue weighted by Crippen LogP contribution is -2.42. The summed E-state index contributed by atoms with van der Waals surface area (Å²) < 4.78 is 21.3. The molecular weight excluding hydrogens is 395 g/mol. The van der Waals surface area contributed by atoms with Crippen LogP contribution in [0.4, 0.5) is 4.39 Å². The highest BCUT2D eigenvalue weighted by molar-refractivity contribution is 5.79. The molecule has 1 aromatic heterocycles. The molecule has 1 atom stereocenters. The van der Waals surface area contributed by atoms with Gasteiger partial charge in [-0.1, -0.05) is 43.3 Å². The van der Waals surface area contributed by atoms with E-state index in [0.717, 1.165) is 23.6 Å². The molecule has 3 aromatic rings. The van der Waals surface area contributed by atoms with Crippen LogP contribution in [-0.4, -0.2) is 33.4 Å². The zero-order chi connectivity index (χ0) is 22.1. The number of ether oxygens (including phenoxy) is 1. The van der Waals surface area contributed by atoms with Crippen LogP contribution in [0, 0.1) is 12.7 Å². The minimum atomic E-state index is -0.314. The maximum absolute atomic E-state index is 13.5. The number of aromatic nitrogens is 3. The molecule has 0 amide bonds. The number of nitrogens with zero attached hydrogens (tertiary/aromatic N) is 4. The number of benzene rings is 2. The van der Waals surface area contributed by atoms with Crippen LogP contribution in [0.3, 0.4) is 0 Å². The van der Waals surface area contributed by atoms with Gasteiger partial charge in [-0.3, -0.25) is 0 Å². The minimum absolute atomic E-state index is 0.136. The average Bonchev–Trinajstić information content (AvgIpc) is 3.10. The normalized spacial score (nSPS) is 12.5. The van der Waals surface area contributed by atoms with Crippen molar-refractivity contribution in [2.75, 3.05) is 6.54 Å². The number of halogens is 1. The first kappa shape index (κ1) is 22.3. The minimum Gasteiger partial charge on any atom is -0.489 e. The van der Waals surface area contributed by atoms with Crippen molar-refractivity contribution in [3.05, 3.63) is 77.6 Å². The van der Waals surface area contributed by atoms with Crippen LogP contribution < -0.4 is 15.4 Å². The highest BCUT2D eigenvalue weighted by atomic mass is 19.1. The van der Waals surface area contributed by atoms with Gasteiger partial charge < -0.3 is 19.9 Å². The summed E-state index contributed by atoms with van der Waals surface area (Å²) in [4.78, 5) is 4.69. The van der Waals surface area contributed by atoms with E-state index >= 15 is 0 Å². The van der Waals surface area contributed by atoms with Crippen LogP contribution in [0.2, 0.25) is 0 Å². The highest BCUT2D eigenvalue weighted by Gasteiger charge is 2.11. The number of nitrogens with one attached hydrogen (secondary N) is 2. The summed E-state index contributed by atoms with van der Waals surface area (Å²) in [5.74, 6) is 2.51. The lowest BCUT2D eigenvalue weighted by atomic mass is 10.2. The first-order valence-electron chi connectivity index (χ1n) is 10.4. The van der Waals surface area contributed by atoms with Gasteiger partial charge in [-0.2, -0.15) is 0 Å². The van der Waals surface area contributed by atoms with Gasteiger partial charge >= 0.3 is 0 Å². The molecule has 0 aliphatic rings. The molecular formula is C23H29FN6O. The van der Waals surface area contributed by atoms with Crippen molar-refractivity contribution in [2.24, 2.45) is 12.0 Å².